The van der Waals surface area contributed by atoms with Crippen molar-refractivity contribution >= 4 is 35.2 Å². The monoisotopic (exact) mass is 593 g/mol. The molecule has 234 valence electrons. The number of likely N-dealkylation sites (tertiary alicyclic amines) is 1. The molecule has 1 aromatic carbocycles. The molecule has 2 aliphatic heterocycles. The number of nitrogens with one attached hydrogen (secondary N) is 1. The van der Waals surface area contributed by atoms with Gasteiger partial charge in [-0.25, -0.2) is 14.8 Å². The number of primary amides is 1. The molecule has 2 saturated heterocycles. The lowest BCUT2D eigenvalue weighted by atomic mass is 9.74. The normalized spacial score (nSPS) is 20.3. The quantitative estimate of drug-likeness (QED) is 0.472. The number of ether oxygens (including phenoxy) is 1. The Hall–Kier alpha value is -3.89. The third-order valence-corrected chi connectivity index (χ3v) is 8.73. The van der Waals surface area contributed by atoms with E-state index in [1.54, 1.807) is 30.1 Å². The number of carbonyl (C=O) groups is 3. The van der Waals surface area contributed by atoms with E-state index in [1.165, 1.54) is 5.56 Å². The maximum absolute atomic E-state index is 12.5. The van der Waals surface area contributed by atoms with E-state index in [9.17, 15) is 14.4 Å². The van der Waals surface area contributed by atoms with Crippen molar-refractivity contribution in [2.45, 2.75) is 83.8 Å². The van der Waals surface area contributed by atoms with Gasteiger partial charge in [0, 0.05) is 51.9 Å². The fourth-order valence-electron chi connectivity index (χ4n) is 5.90. The van der Waals surface area contributed by atoms with Crippen LogP contribution in [0.5, 0.6) is 0 Å². The average Bonchev–Trinajstić information content (AvgIpc) is 2.93. The van der Waals surface area contributed by atoms with Crippen LogP contribution in [-0.2, 0) is 14.9 Å². The second kappa shape index (κ2) is 12.8. The summed E-state index contributed by atoms with van der Waals surface area (Å²) in [6.45, 7) is 12.0. The topological polar surface area (TPSA) is 134 Å². The van der Waals surface area contributed by atoms with Gasteiger partial charge in [0.2, 0.25) is 5.91 Å². The number of nitrogens with zero attached hydrogens (tertiary/aromatic N) is 5. The van der Waals surface area contributed by atoms with E-state index in [0.717, 1.165) is 37.9 Å². The summed E-state index contributed by atoms with van der Waals surface area (Å²) < 4.78 is 5.55. The van der Waals surface area contributed by atoms with E-state index >= 15 is 0 Å². The fourth-order valence-corrected chi connectivity index (χ4v) is 5.90. The van der Waals surface area contributed by atoms with Gasteiger partial charge in [-0.2, -0.15) is 0 Å². The minimum Gasteiger partial charge on any atom is -0.444 e. The molecule has 0 bridgehead atoms. The lowest BCUT2D eigenvalue weighted by Crippen LogP contribution is -2.45. The second-order valence-corrected chi connectivity index (χ2v) is 13.3. The van der Waals surface area contributed by atoms with Crippen LogP contribution < -0.4 is 16.0 Å². The minimum atomic E-state index is -0.663. The highest BCUT2D eigenvalue weighted by Gasteiger charge is 2.35. The van der Waals surface area contributed by atoms with Crippen LogP contribution >= 0.6 is 0 Å². The van der Waals surface area contributed by atoms with Crippen LogP contribution in [0.25, 0.3) is 0 Å². The number of aromatic nitrogens is 2. The lowest BCUT2D eigenvalue weighted by Gasteiger charge is -2.40. The Morgan fingerprint density at radius 3 is 2.35 bits per heavy atom. The molecule has 2 atom stereocenters. The van der Waals surface area contributed by atoms with Gasteiger partial charge in [0.15, 0.2) is 11.5 Å². The molecule has 0 unspecified atom stereocenters. The molecule has 11 nitrogen and oxygen atoms in total. The van der Waals surface area contributed by atoms with Gasteiger partial charge in [-0.3, -0.25) is 9.59 Å². The van der Waals surface area contributed by atoms with E-state index in [-0.39, 0.29) is 35.1 Å². The van der Waals surface area contributed by atoms with E-state index in [2.05, 4.69) is 41.2 Å². The Bertz CT molecular complexity index is 1310. The van der Waals surface area contributed by atoms with Gasteiger partial charge in [-0.1, -0.05) is 19.1 Å². The highest BCUT2D eigenvalue weighted by atomic mass is 16.6. The Kier molecular flexibility index (Phi) is 9.51. The first-order valence-corrected chi connectivity index (χ1v) is 15.2. The van der Waals surface area contributed by atoms with Crippen molar-refractivity contribution < 1.29 is 19.1 Å². The Labute approximate surface area is 255 Å². The molecule has 2 fully saturated rings. The largest absolute Gasteiger partial charge is 0.444 e. The number of hydrogen-bond acceptors (Lipinski definition) is 8. The zero-order valence-electron chi connectivity index (χ0n) is 26.6. The number of carbonyl (C=O) groups excluding carboxylic acids is 3. The van der Waals surface area contributed by atoms with Crippen molar-refractivity contribution in [2.75, 3.05) is 43.9 Å². The molecule has 2 aliphatic rings. The summed E-state index contributed by atoms with van der Waals surface area (Å²) in [6, 6.07) is 8.16. The molecular formula is C32H47N7O4. The maximum atomic E-state index is 12.5. The second-order valence-electron chi connectivity index (χ2n) is 13.3. The number of nitrogens with two attached hydrogens (primary N) is 1. The molecule has 0 saturated carbocycles. The zero-order chi connectivity index (χ0) is 31.5. The van der Waals surface area contributed by atoms with Crippen molar-refractivity contribution in [3.05, 3.63) is 41.7 Å². The number of rotatable bonds is 7. The van der Waals surface area contributed by atoms with Gasteiger partial charge in [0.25, 0.3) is 5.91 Å². The number of anilines is 3. The van der Waals surface area contributed by atoms with Gasteiger partial charge in [0.05, 0.1) is 6.20 Å². The summed E-state index contributed by atoms with van der Waals surface area (Å²) in [7, 11) is 3.56. The Balaban J connectivity index is 1.47. The number of amides is 3. The third kappa shape index (κ3) is 7.74. The van der Waals surface area contributed by atoms with Gasteiger partial charge in [-0.05, 0) is 82.4 Å². The molecule has 3 N–H and O–H groups in total. The van der Waals surface area contributed by atoms with Crippen molar-refractivity contribution in [1.82, 2.24) is 19.8 Å². The van der Waals surface area contributed by atoms with Crippen molar-refractivity contribution in [2.24, 2.45) is 11.7 Å². The summed E-state index contributed by atoms with van der Waals surface area (Å²) >= 11 is 0. The molecule has 0 spiro atoms. The van der Waals surface area contributed by atoms with Gasteiger partial charge in [-0.15, -0.1) is 0 Å². The summed E-state index contributed by atoms with van der Waals surface area (Å²) in [4.78, 5) is 51.9. The lowest BCUT2D eigenvalue weighted by molar-refractivity contribution is -0.130. The third-order valence-electron chi connectivity index (χ3n) is 8.73. The predicted molar refractivity (Wildman–Crippen MR) is 168 cm³/mol. The molecular weight excluding hydrogens is 546 g/mol. The van der Waals surface area contributed by atoms with Crippen LogP contribution in [0.4, 0.5) is 22.1 Å². The number of piperidine rings is 2. The van der Waals surface area contributed by atoms with E-state index < -0.39 is 11.5 Å². The first-order chi connectivity index (χ1) is 20.2. The minimum absolute atomic E-state index is 0.0679. The molecule has 3 amide bonds. The van der Waals surface area contributed by atoms with Crippen LogP contribution in [-0.4, -0.2) is 83.0 Å². The van der Waals surface area contributed by atoms with Crippen LogP contribution in [0.3, 0.4) is 0 Å². The van der Waals surface area contributed by atoms with E-state index in [0.29, 0.717) is 31.1 Å². The zero-order valence-corrected chi connectivity index (χ0v) is 26.6. The van der Waals surface area contributed by atoms with Gasteiger partial charge >= 0.3 is 6.09 Å². The predicted octanol–water partition coefficient (Wildman–Crippen LogP) is 4.69. The molecule has 11 heteroatoms. The van der Waals surface area contributed by atoms with Crippen molar-refractivity contribution in [3.8, 4) is 0 Å². The fraction of sp³-hybridized carbons (Fsp3) is 0.594. The Morgan fingerprint density at radius 2 is 1.77 bits per heavy atom. The first kappa shape index (κ1) is 32.0. The molecule has 0 radical (unpaired) electrons. The highest BCUT2D eigenvalue weighted by Crippen LogP contribution is 2.37. The summed E-state index contributed by atoms with van der Waals surface area (Å²) in [5.41, 5.74) is 7.07. The molecule has 43 heavy (non-hydrogen) atoms. The molecule has 3 heterocycles. The highest BCUT2D eigenvalue weighted by molar-refractivity contribution is 5.96. The average molecular weight is 594 g/mol. The number of hydrogen-bond donors (Lipinski definition) is 2. The summed E-state index contributed by atoms with van der Waals surface area (Å²) in [6.07, 6.45) is 5.37. The summed E-state index contributed by atoms with van der Waals surface area (Å²) in [5, 5.41) is 3.26. The smallest absolute Gasteiger partial charge is 0.410 e. The molecule has 0 aliphatic carbocycles. The SMILES string of the molecule is C[C@@H]1[C@H](CC(=O)N(C)C)CCCN1c1cnc(C(N)=O)c(Nc2ccc(C3(C)CCN(C(=O)OC(C)(C)C)CC3)cc2)n1. The van der Waals surface area contributed by atoms with Gasteiger partial charge in [0.1, 0.15) is 11.4 Å². The maximum Gasteiger partial charge on any atom is 0.410 e. The van der Waals surface area contributed by atoms with E-state index in [1.807, 2.05) is 32.9 Å². The van der Waals surface area contributed by atoms with Crippen molar-refractivity contribution in [3.63, 3.8) is 0 Å². The van der Waals surface area contributed by atoms with Crippen LogP contribution in [0.2, 0.25) is 0 Å². The standard InChI is InChI=1S/C32H47N7O4/c1-21-22(19-26(40)37(6)7)9-8-16-39(21)25-20-34-27(28(33)41)29(36-25)35-24-12-10-23(11-13-24)32(5)14-17-38(18-15-32)30(42)43-31(2,3)4/h10-13,20-22H,8-9,14-19H2,1-7H3,(H2,33,41)(H,35,36)/t21-,22+/m1/s1. The van der Waals surface area contributed by atoms with Crippen molar-refractivity contribution in [1.29, 1.82) is 0 Å². The Morgan fingerprint density at radius 1 is 1.12 bits per heavy atom. The summed E-state index contributed by atoms with van der Waals surface area (Å²) in [5.74, 6) is 0.587. The first-order valence-electron chi connectivity index (χ1n) is 15.2. The number of benzene rings is 1. The van der Waals surface area contributed by atoms with Crippen LogP contribution in [0.1, 0.15) is 82.8 Å². The van der Waals surface area contributed by atoms with Crippen LogP contribution in [0, 0.1) is 5.92 Å². The molecule has 4 rings (SSSR count). The molecule has 2 aromatic rings. The van der Waals surface area contributed by atoms with Gasteiger partial charge < -0.3 is 30.5 Å². The van der Waals surface area contributed by atoms with Crippen LogP contribution in [0.15, 0.2) is 30.5 Å². The van der Waals surface area contributed by atoms with E-state index in [4.69, 9.17) is 15.5 Å². The molecule has 1 aromatic heterocycles.